The Morgan fingerprint density at radius 3 is 2.09 bits per heavy atom. The third-order valence-corrected chi connectivity index (χ3v) is 5.98. The van der Waals surface area contributed by atoms with E-state index >= 15 is 0 Å². The molecule has 0 spiro atoms. The van der Waals surface area contributed by atoms with Crippen molar-refractivity contribution in [1.29, 1.82) is 0 Å². The molecule has 1 aromatic heterocycles. The number of hydrogen-bond acceptors (Lipinski definition) is 7. The van der Waals surface area contributed by atoms with Crippen molar-refractivity contribution in [3.63, 3.8) is 0 Å². The molecule has 0 saturated heterocycles. The van der Waals surface area contributed by atoms with E-state index in [4.69, 9.17) is 39.2 Å². The number of nitrogens with zero attached hydrogens (tertiary/aromatic N) is 1. The van der Waals surface area contributed by atoms with Crippen molar-refractivity contribution in [3.05, 3.63) is 47.5 Å². The van der Waals surface area contributed by atoms with Crippen LogP contribution in [0.3, 0.4) is 0 Å². The number of aromatic nitrogens is 1. The number of benzene rings is 1. The number of carbonyl (C=O) groups is 1. The Morgan fingerprint density at radius 2 is 1.64 bits per heavy atom. The molecule has 0 saturated carbocycles. The summed E-state index contributed by atoms with van der Waals surface area (Å²) in [6.07, 6.45) is 1.18. The van der Waals surface area contributed by atoms with E-state index in [1.54, 1.807) is 0 Å². The van der Waals surface area contributed by atoms with Crippen molar-refractivity contribution in [2.45, 2.75) is 33.8 Å². The third-order valence-electron chi connectivity index (χ3n) is 4.84. The molecule has 0 aliphatic rings. The molecule has 2 rings (SSSR count). The maximum atomic E-state index is 13.4. The van der Waals surface area contributed by atoms with Gasteiger partial charge in [-0.1, -0.05) is 0 Å². The van der Waals surface area contributed by atoms with Crippen LogP contribution in [-0.2, 0) is 18.4 Å². The molecule has 1 heterocycles. The van der Waals surface area contributed by atoms with Gasteiger partial charge in [0, 0.05) is 29.6 Å². The summed E-state index contributed by atoms with van der Waals surface area (Å²) in [6, 6.07) is 5.03. The molecular weight excluding hydrogens is 447 g/mol. The van der Waals surface area contributed by atoms with Crippen LogP contribution in [0.2, 0.25) is 0 Å². The van der Waals surface area contributed by atoms with Gasteiger partial charge in [-0.05, 0) is 30.7 Å². The highest BCUT2D eigenvalue weighted by molar-refractivity contribution is 7.89. The van der Waals surface area contributed by atoms with E-state index in [1.807, 2.05) is 4.72 Å². The molecule has 1 amide bonds. The van der Waals surface area contributed by atoms with Crippen LogP contribution in [0.4, 0.5) is 10.1 Å². The van der Waals surface area contributed by atoms with Gasteiger partial charge in [0.25, 0.3) is 5.91 Å². The fourth-order valence-corrected chi connectivity index (χ4v) is 4.47. The second-order valence-electron chi connectivity index (χ2n) is 7.59. The molecule has 0 aliphatic carbocycles. The molecule has 1 unspecified atom stereocenters. The molecule has 2 aromatic rings. The minimum Gasteiger partial charge on any atom is -0.593 e. The topological polar surface area (TPSA) is 150 Å². The van der Waals surface area contributed by atoms with Crippen LogP contribution in [-0.4, -0.2) is 96.7 Å². The average Bonchev–Trinajstić information content (AvgIpc) is 3.01. The highest BCUT2D eigenvalue weighted by atomic mass is 32.2. The predicted molar refractivity (Wildman–Crippen MR) is 123 cm³/mol. The largest absolute Gasteiger partial charge is 0.593 e. The van der Waals surface area contributed by atoms with Gasteiger partial charge in [0.1, 0.15) is 54.1 Å². The summed E-state index contributed by atoms with van der Waals surface area (Å²) in [6.45, 7) is 1.51. The van der Waals surface area contributed by atoms with Crippen molar-refractivity contribution in [2.24, 2.45) is 7.05 Å². The lowest BCUT2D eigenvalue weighted by atomic mass is 9.37. The lowest BCUT2D eigenvalue weighted by molar-refractivity contribution is -0.197. The van der Waals surface area contributed by atoms with Gasteiger partial charge in [0.15, 0.2) is 12.7 Å². The third kappa shape index (κ3) is 5.37. The van der Waals surface area contributed by atoms with Gasteiger partial charge in [-0.15, -0.1) is 4.72 Å². The highest BCUT2D eigenvalue weighted by Gasteiger charge is 2.64. The van der Waals surface area contributed by atoms with Crippen molar-refractivity contribution in [2.75, 3.05) is 5.32 Å². The number of carbonyl (C=O) groups excluding carboxylic acids is 1. The number of aryl methyl sites for hydroxylation is 2. The number of nitrogens with one attached hydrogen (secondary N) is 2. The van der Waals surface area contributed by atoms with Gasteiger partial charge in [-0.3, -0.25) is 4.79 Å². The van der Waals surface area contributed by atoms with E-state index in [1.165, 1.54) is 42.9 Å². The van der Waals surface area contributed by atoms with E-state index in [2.05, 4.69) is 5.32 Å². The normalized spacial score (nSPS) is 14.2. The van der Waals surface area contributed by atoms with Crippen LogP contribution in [0.5, 0.6) is 0 Å². The Kier molecular flexibility index (Phi) is 7.67. The van der Waals surface area contributed by atoms with Crippen molar-refractivity contribution < 1.29 is 34.2 Å². The van der Waals surface area contributed by atoms with Crippen LogP contribution in [0.1, 0.15) is 16.1 Å². The van der Waals surface area contributed by atoms with E-state index in [0.29, 0.717) is 11.3 Å². The summed E-state index contributed by atoms with van der Waals surface area (Å²) in [5, 5.41) is 35.9. The second kappa shape index (κ2) is 9.18. The second-order valence-corrected chi connectivity index (χ2v) is 8.80. The van der Waals surface area contributed by atoms with Crippen molar-refractivity contribution in [3.8, 4) is 0 Å². The van der Waals surface area contributed by atoms with Crippen molar-refractivity contribution >= 4 is 62.2 Å². The van der Waals surface area contributed by atoms with Gasteiger partial charge in [-0.2, -0.15) is 0 Å². The monoisotopic (exact) mass is 465 g/mol. The smallest absolute Gasteiger partial charge is 0.272 e. The molecule has 0 fully saturated rings. The molecular formula is C17H17B5FN3O6S. The molecule has 0 aliphatic heterocycles. The molecule has 164 valence electrons. The van der Waals surface area contributed by atoms with Gasteiger partial charge in [0.05, 0.1) is 17.6 Å². The minimum absolute atomic E-state index is 0.0359. The van der Waals surface area contributed by atoms with E-state index in [-0.39, 0.29) is 10.6 Å². The van der Waals surface area contributed by atoms with E-state index in [0.717, 1.165) is 6.07 Å². The molecule has 1 atom stereocenters. The predicted octanol–water partition coefficient (Wildman–Crippen LogP) is -3.15. The summed E-state index contributed by atoms with van der Waals surface area (Å²) in [4.78, 5) is 12.4. The molecule has 9 nitrogen and oxygen atoms in total. The van der Waals surface area contributed by atoms with Crippen LogP contribution in [0, 0.1) is 12.7 Å². The first-order valence-corrected chi connectivity index (χ1v) is 10.2. The van der Waals surface area contributed by atoms with Gasteiger partial charge in [0.2, 0.25) is 0 Å². The van der Waals surface area contributed by atoms with Crippen molar-refractivity contribution in [1.82, 2.24) is 9.29 Å². The number of halogens is 1. The van der Waals surface area contributed by atoms with Crippen LogP contribution >= 0.6 is 0 Å². The number of hydrogen-bond donors (Lipinski definition) is 6. The zero-order chi connectivity index (χ0) is 25.6. The van der Waals surface area contributed by atoms with Crippen LogP contribution in [0.15, 0.2) is 35.4 Å². The summed E-state index contributed by atoms with van der Waals surface area (Å²) in [5.41, 5.74) is -6.55. The SMILES string of the molecule is [B]C([B])(O)C(N[S+]([O-])c1cc(C(=O)Nc2ccc(F)c(C)c2)n(C)c1)(C([B])([B])O)C([B])(O)O. The Bertz CT molecular complexity index is 1000. The standard InChI is InChI=1S/C17H17B5FN3O6S/c1-8-5-9(3-4-11(8)23)24-13(27)12-6-10(7-26(12)2)33(32)25-14(15(18,19)28,16(20,21)29)17(22,30)31/h3-7,25,28-31H,1-2H3,(H,24,27). The lowest BCUT2D eigenvalue weighted by Gasteiger charge is -2.57. The molecule has 33 heavy (non-hydrogen) atoms. The molecule has 16 heteroatoms. The first-order chi connectivity index (χ1) is 14.8. The molecule has 10 radical (unpaired) electrons. The Morgan fingerprint density at radius 1 is 1.09 bits per heavy atom. The van der Waals surface area contributed by atoms with Crippen LogP contribution < -0.4 is 10.0 Å². The first kappa shape index (κ1) is 27.6. The lowest BCUT2D eigenvalue weighted by Crippen LogP contribution is -2.86. The first-order valence-electron chi connectivity index (χ1n) is 9.09. The maximum Gasteiger partial charge on any atom is 0.272 e. The van der Waals surface area contributed by atoms with Crippen LogP contribution in [0.25, 0.3) is 0 Å². The van der Waals surface area contributed by atoms with Gasteiger partial charge >= 0.3 is 0 Å². The minimum atomic E-state index is -3.71. The fourth-order valence-electron chi connectivity index (χ4n) is 3.13. The van der Waals surface area contributed by atoms with E-state index in [9.17, 15) is 34.2 Å². The van der Waals surface area contributed by atoms with Gasteiger partial charge < -0.3 is 34.9 Å². The summed E-state index contributed by atoms with van der Waals surface area (Å²) in [5.74, 6) is -1.12. The summed E-state index contributed by atoms with van der Waals surface area (Å²) >= 11 is -2.59. The zero-order valence-electron chi connectivity index (χ0n) is 17.6. The summed E-state index contributed by atoms with van der Waals surface area (Å²) < 4.78 is 29.5. The Labute approximate surface area is 199 Å². The Balaban J connectivity index is 2.39. The molecule has 6 N–H and O–H groups in total. The van der Waals surface area contributed by atoms with Gasteiger partial charge in [-0.25, -0.2) is 4.39 Å². The fraction of sp³-hybridized carbons (Fsp3) is 0.353. The highest BCUT2D eigenvalue weighted by Crippen LogP contribution is 2.36. The number of amides is 1. The maximum absolute atomic E-state index is 13.4. The quantitative estimate of drug-likeness (QED) is 0.137. The van der Waals surface area contributed by atoms with E-state index < -0.39 is 45.1 Å². The Hall–Kier alpha value is -1.67. The molecule has 1 aromatic carbocycles. The summed E-state index contributed by atoms with van der Waals surface area (Å²) in [7, 11) is 27.9. The number of aliphatic hydroxyl groups is 4. The number of anilines is 1. The average molecular weight is 464 g/mol. The zero-order valence-corrected chi connectivity index (χ0v) is 18.4. The number of rotatable bonds is 8. The molecule has 0 bridgehead atoms.